The van der Waals surface area contributed by atoms with Gasteiger partial charge in [0.05, 0.1) is 12.2 Å². The van der Waals surface area contributed by atoms with Gasteiger partial charge in [-0.25, -0.2) is 0 Å². The Morgan fingerprint density at radius 3 is 2.57 bits per heavy atom. The second-order valence-electron chi connectivity index (χ2n) is 8.97. The molecule has 1 aromatic carbocycles. The smallest absolute Gasteiger partial charge is 0.226 e. The lowest BCUT2D eigenvalue weighted by molar-refractivity contribution is -0.144. The van der Waals surface area contributed by atoms with Crippen LogP contribution in [0.3, 0.4) is 0 Å². The molecule has 0 aromatic heterocycles. The number of benzene rings is 1. The lowest BCUT2D eigenvalue weighted by Gasteiger charge is -2.41. The van der Waals surface area contributed by atoms with Crippen molar-refractivity contribution >= 4 is 5.91 Å². The zero-order valence-corrected chi connectivity index (χ0v) is 17.3. The van der Waals surface area contributed by atoms with Gasteiger partial charge in [-0.2, -0.15) is 0 Å². The van der Waals surface area contributed by atoms with E-state index in [0.29, 0.717) is 18.4 Å². The first-order chi connectivity index (χ1) is 13.4. The van der Waals surface area contributed by atoms with E-state index in [1.165, 1.54) is 5.56 Å². The zero-order chi connectivity index (χ0) is 20.3. The van der Waals surface area contributed by atoms with Crippen molar-refractivity contribution in [3.63, 3.8) is 0 Å². The number of carbonyl (C=O) groups excluding carboxylic acids is 1. The van der Waals surface area contributed by atoms with Gasteiger partial charge in [-0.05, 0) is 61.5 Å². The summed E-state index contributed by atoms with van der Waals surface area (Å²) in [7, 11) is 0. The Kier molecular flexibility index (Phi) is 7.13. The van der Waals surface area contributed by atoms with Crippen LogP contribution < -0.4 is 5.73 Å². The standard InChI is InChI=1S/C23H36N2O3/c1-15-6-7-20(22(27)16(2)26)21(12-15)23(28)25-10-8-18(9-11-25)19-5-3-4-17(13-19)14-24/h3-5,13,15-16,18,20-22,26-27H,6-12,14,24H2,1-2H3. The molecular weight excluding hydrogens is 352 g/mol. The van der Waals surface area contributed by atoms with Gasteiger partial charge in [0.25, 0.3) is 0 Å². The minimum atomic E-state index is -0.821. The molecule has 0 radical (unpaired) electrons. The average molecular weight is 389 g/mol. The molecule has 0 bridgehead atoms. The van der Waals surface area contributed by atoms with Crippen LogP contribution in [-0.2, 0) is 11.3 Å². The topological polar surface area (TPSA) is 86.8 Å². The molecule has 1 saturated carbocycles. The molecule has 5 atom stereocenters. The summed E-state index contributed by atoms with van der Waals surface area (Å²) in [5.74, 6) is 0.821. The van der Waals surface area contributed by atoms with Gasteiger partial charge >= 0.3 is 0 Å². The summed E-state index contributed by atoms with van der Waals surface area (Å²) >= 11 is 0. The largest absolute Gasteiger partial charge is 0.391 e. The summed E-state index contributed by atoms with van der Waals surface area (Å²) in [5.41, 5.74) is 8.25. The minimum Gasteiger partial charge on any atom is -0.391 e. The van der Waals surface area contributed by atoms with Gasteiger partial charge in [-0.3, -0.25) is 4.79 Å². The highest BCUT2D eigenvalue weighted by molar-refractivity contribution is 5.79. The molecule has 0 spiro atoms. The fraction of sp³-hybridized carbons (Fsp3) is 0.696. The van der Waals surface area contributed by atoms with Crippen molar-refractivity contribution in [2.24, 2.45) is 23.5 Å². The second kappa shape index (κ2) is 9.38. The number of nitrogens with zero attached hydrogens (tertiary/aromatic N) is 1. The lowest BCUT2D eigenvalue weighted by Crippen LogP contribution is -2.48. The summed E-state index contributed by atoms with van der Waals surface area (Å²) in [4.78, 5) is 15.3. The Morgan fingerprint density at radius 1 is 1.21 bits per heavy atom. The fourth-order valence-electron chi connectivity index (χ4n) is 5.10. The third-order valence-corrected chi connectivity index (χ3v) is 6.88. The van der Waals surface area contributed by atoms with Crippen LogP contribution in [-0.4, -0.2) is 46.3 Å². The molecule has 156 valence electrons. The zero-order valence-electron chi connectivity index (χ0n) is 17.3. The van der Waals surface area contributed by atoms with E-state index in [2.05, 4.69) is 31.2 Å². The van der Waals surface area contributed by atoms with Gasteiger partial charge in [-0.1, -0.05) is 37.6 Å². The Balaban J connectivity index is 1.64. The lowest BCUT2D eigenvalue weighted by atomic mass is 9.70. The molecule has 5 nitrogen and oxygen atoms in total. The number of nitrogens with two attached hydrogens (primary N) is 1. The summed E-state index contributed by atoms with van der Waals surface area (Å²) in [5, 5.41) is 20.3. The highest BCUT2D eigenvalue weighted by Crippen LogP contribution is 2.39. The van der Waals surface area contributed by atoms with E-state index in [1.807, 2.05) is 4.90 Å². The van der Waals surface area contributed by atoms with Crippen LogP contribution in [0, 0.1) is 17.8 Å². The maximum Gasteiger partial charge on any atom is 0.226 e. The van der Waals surface area contributed by atoms with E-state index in [4.69, 9.17) is 5.73 Å². The van der Waals surface area contributed by atoms with Gasteiger partial charge < -0.3 is 20.8 Å². The first kappa shape index (κ1) is 21.3. The SMILES string of the molecule is CC1CCC(C(O)C(C)O)C(C(=O)N2CCC(c3cccc(CN)c3)CC2)C1. The average Bonchev–Trinajstić information content (AvgIpc) is 2.72. The summed E-state index contributed by atoms with van der Waals surface area (Å²) in [6, 6.07) is 8.49. The molecule has 5 unspecified atom stereocenters. The normalized spacial score (nSPS) is 28.8. The molecule has 4 N–H and O–H groups in total. The Labute approximate surface area is 168 Å². The second-order valence-corrected chi connectivity index (χ2v) is 8.97. The third-order valence-electron chi connectivity index (χ3n) is 6.88. The Morgan fingerprint density at radius 2 is 1.93 bits per heavy atom. The van der Waals surface area contributed by atoms with Crippen molar-refractivity contribution in [2.45, 2.75) is 70.6 Å². The number of rotatable bonds is 5. The molecule has 1 aromatic rings. The highest BCUT2D eigenvalue weighted by atomic mass is 16.3. The minimum absolute atomic E-state index is 0.136. The monoisotopic (exact) mass is 388 g/mol. The molecule has 1 saturated heterocycles. The van der Waals surface area contributed by atoms with Crippen molar-refractivity contribution < 1.29 is 15.0 Å². The van der Waals surface area contributed by atoms with Crippen molar-refractivity contribution in [3.05, 3.63) is 35.4 Å². The predicted molar refractivity (Wildman–Crippen MR) is 111 cm³/mol. The molecule has 1 heterocycles. The molecule has 3 rings (SSSR count). The van der Waals surface area contributed by atoms with E-state index in [9.17, 15) is 15.0 Å². The quantitative estimate of drug-likeness (QED) is 0.724. The molecular formula is C23H36N2O3. The number of amides is 1. The van der Waals surface area contributed by atoms with E-state index in [-0.39, 0.29) is 17.7 Å². The number of hydrogen-bond acceptors (Lipinski definition) is 4. The van der Waals surface area contributed by atoms with Crippen molar-refractivity contribution in [3.8, 4) is 0 Å². The van der Waals surface area contributed by atoms with E-state index in [0.717, 1.165) is 50.8 Å². The first-order valence-electron chi connectivity index (χ1n) is 10.8. The highest BCUT2D eigenvalue weighted by Gasteiger charge is 2.41. The maximum atomic E-state index is 13.3. The van der Waals surface area contributed by atoms with Gasteiger partial charge in [-0.15, -0.1) is 0 Å². The van der Waals surface area contributed by atoms with Crippen LogP contribution in [0.15, 0.2) is 24.3 Å². The van der Waals surface area contributed by atoms with Gasteiger partial charge in [0, 0.05) is 25.6 Å². The first-order valence-corrected chi connectivity index (χ1v) is 10.8. The van der Waals surface area contributed by atoms with Crippen molar-refractivity contribution in [1.29, 1.82) is 0 Å². The van der Waals surface area contributed by atoms with Gasteiger partial charge in [0.15, 0.2) is 0 Å². The van der Waals surface area contributed by atoms with Crippen LogP contribution in [0.5, 0.6) is 0 Å². The number of carbonyl (C=O) groups is 1. The molecule has 1 aliphatic heterocycles. The number of likely N-dealkylation sites (tertiary alicyclic amines) is 1. The van der Waals surface area contributed by atoms with E-state index in [1.54, 1.807) is 6.92 Å². The number of hydrogen-bond donors (Lipinski definition) is 3. The van der Waals surface area contributed by atoms with E-state index < -0.39 is 12.2 Å². The van der Waals surface area contributed by atoms with Crippen LogP contribution in [0.25, 0.3) is 0 Å². The Bertz CT molecular complexity index is 655. The summed E-state index contributed by atoms with van der Waals surface area (Å²) in [6.45, 7) is 5.88. The molecule has 2 fully saturated rings. The molecule has 28 heavy (non-hydrogen) atoms. The number of aliphatic hydroxyl groups is 2. The van der Waals surface area contributed by atoms with Gasteiger partial charge in [0.2, 0.25) is 5.91 Å². The maximum absolute atomic E-state index is 13.3. The molecule has 2 aliphatic rings. The van der Waals surface area contributed by atoms with E-state index >= 15 is 0 Å². The number of piperidine rings is 1. The van der Waals surface area contributed by atoms with Crippen molar-refractivity contribution in [2.75, 3.05) is 13.1 Å². The molecule has 5 heteroatoms. The van der Waals surface area contributed by atoms with Crippen LogP contribution in [0.2, 0.25) is 0 Å². The molecule has 1 aliphatic carbocycles. The summed E-state index contributed by atoms with van der Waals surface area (Å²) in [6.07, 6.45) is 2.94. The predicted octanol–water partition coefficient (Wildman–Crippen LogP) is 2.65. The number of aliphatic hydroxyl groups excluding tert-OH is 2. The van der Waals surface area contributed by atoms with Crippen LogP contribution in [0.4, 0.5) is 0 Å². The molecule has 1 amide bonds. The van der Waals surface area contributed by atoms with Crippen LogP contribution >= 0.6 is 0 Å². The summed E-state index contributed by atoms with van der Waals surface area (Å²) < 4.78 is 0. The Hall–Kier alpha value is -1.43. The van der Waals surface area contributed by atoms with Crippen molar-refractivity contribution in [1.82, 2.24) is 4.90 Å². The van der Waals surface area contributed by atoms with Crippen LogP contribution in [0.1, 0.15) is 63.0 Å². The third kappa shape index (κ3) is 4.76. The van der Waals surface area contributed by atoms with Gasteiger partial charge in [0.1, 0.15) is 0 Å². The fourth-order valence-corrected chi connectivity index (χ4v) is 5.10.